The molecule has 554 valence electrons. The minimum atomic E-state index is -3.78. The smallest absolute Gasteiger partial charge is 0.240 e. The maximum atomic E-state index is 6.11. The highest BCUT2D eigenvalue weighted by Gasteiger charge is 2.47. The Balaban J connectivity index is 0.933. The molecule has 0 aliphatic carbocycles. The fourth-order valence-electron chi connectivity index (χ4n) is 18.3. The van der Waals surface area contributed by atoms with Crippen molar-refractivity contribution in [3.63, 3.8) is 0 Å². The summed E-state index contributed by atoms with van der Waals surface area (Å²) >= 11 is 0. The van der Waals surface area contributed by atoms with Gasteiger partial charge in [0.05, 0.1) is 22.1 Å². The van der Waals surface area contributed by atoms with Gasteiger partial charge in [0, 0.05) is 27.1 Å². The molecule has 0 atom stereocenters. The van der Waals surface area contributed by atoms with Crippen LogP contribution in [0.2, 0.25) is 0 Å². The average molecular weight is 1540 g/mol. The van der Waals surface area contributed by atoms with Crippen molar-refractivity contribution in [2.45, 2.75) is 0 Å². The van der Waals surface area contributed by atoms with E-state index in [1.54, 1.807) is 0 Å². The number of nitrogens with zero attached hydrogens (tertiary/aromatic N) is 5. The van der Waals surface area contributed by atoms with Crippen molar-refractivity contribution in [3.8, 4) is 101 Å². The van der Waals surface area contributed by atoms with Crippen LogP contribution >= 0.6 is 0 Å². The maximum absolute atomic E-state index is 6.11. The molecule has 18 aromatic carbocycles. The topological polar surface area (TPSA) is 48.5 Å². The normalized spacial score (nSPS) is 11.7. The summed E-state index contributed by atoms with van der Waals surface area (Å²) in [5.74, 6) is 1.52. The van der Waals surface area contributed by atoms with E-state index in [9.17, 15) is 0 Å². The van der Waals surface area contributed by atoms with E-state index < -0.39 is 16.1 Å². The first-order chi connectivity index (χ1) is 58.5. The molecular formula is C111H77N5Si2. The first-order valence-corrected chi connectivity index (χ1v) is 44.4. The zero-order chi connectivity index (χ0) is 78.4. The molecule has 0 radical (unpaired) electrons. The van der Waals surface area contributed by atoms with E-state index in [1.807, 2.05) is 0 Å². The lowest BCUT2D eigenvalue weighted by atomic mass is 10.0. The largest absolute Gasteiger partial charge is 0.278 e. The number of fused-ring (bicyclic) bond motifs is 6. The highest BCUT2D eigenvalue weighted by atomic mass is 28.3. The third kappa shape index (κ3) is 12.6. The quantitative estimate of drug-likeness (QED) is 0.0635. The standard InChI is InChI=1S/C111H77N5Si2/c1-8-28-78(29-9-1)85-48-61-93(62-49-85)117(94-63-50-86(51-64-94)79-30-10-2-11-31-79,95-65-52-87(53-66-95)80-32-12-3-13-33-80)99-74-92(109-112-110(115-105-45-25-22-42-101(105)102-43-23-26-46-106(102)115)114-111(113-109)116-107-47-27-24-44-103(107)104-76-91(60-73-108(104)116)84-40-20-7-21-41-84)75-100(77-99)118(96-67-54-88(55-68-96)81-34-14-4-15-35-81,97-69-56-89(57-70-97)82-36-16-5-17-37-82)98-71-58-90(59-72-98)83-38-18-6-19-39-83/h1-77H. The van der Waals surface area contributed by atoms with Gasteiger partial charge in [-0.05, 0) is 150 Å². The Morgan fingerprint density at radius 2 is 0.356 bits per heavy atom. The van der Waals surface area contributed by atoms with Gasteiger partial charge in [-0.25, -0.2) is 0 Å². The van der Waals surface area contributed by atoms with Crippen LogP contribution in [0.1, 0.15) is 0 Å². The lowest BCUT2D eigenvalue weighted by Gasteiger charge is -2.39. The van der Waals surface area contributed by atoms with Crippen molar-refractivity contribution in [1.29, 1.82) is 0 Å². The number of rotatable bonds is 18. The number of para-hydroxylation sites is 3. The molecule has 0 unspecified atom stereocenters. The zero-order valence-electron chi connectivity index (χ0n) is 64.7. The van der Waals surface area contributed by atoms with Crippen LogP contribution in [0.15, 0.2) is 467 Å². The minimum Gasteiger partial charge on any atom is -0.278 e. The summed E-state index contributed by atoms with van der Waals surface area (Å²) in [5.41, 5.74) is 20.8. The van der Waals surface area contributed by atoms with Crippen LogP contribution < -0.4 is 41.5 Å². The summed E-state index contributed by atoms with van der Waals surface area (Å²) in [6.45, 7) is 0. The summed E-state index contributed by atoms with van der Waals surface area (Å²) in [6, 6.07) is 174. The van der Waals surface area contributed by atoms with Crippen molar-refractivity contribution >= 4 is 101 Å². The summed E-state index contributed by atoms with van der Waals surface area (Å²) in [4.78, 5) is 18.1. The summed E-state index contributed by atoms with van der Waals surface area (Å²) in [5, 5.41) is 14.0. The van der Waals surface area contributed by atoms with Crippen molar-refractivity contribution in [2.75, 3.05) is 0 Å². The second kappa shape index (κ2) is 30.4. The van der Waals surface area contributed by atoms with E-state index in [1.165, 1.54) is 31.1 Å². The molecule has 3 aromatic heterocycles. The lowest BCUT2D eigenvalue weighted by molar-refractivity contribution is 0.893. The van der Waals surface area contributed by atoms with Gasteiger partial charge in [-0.3, -0.25) is 9.13 Å². The predicted molar refractivity (Wildman–Crippen MR) is 499 cm³/mol. The van der Waals surface area contributed by atoms with Crippen molar-refractivity contribution in [1.82, 2.24) is 24.1 Å². The third-order valence-electron chi connectivity index (χ3n) is 24.0. The molecule has 0 spiro atoms. The first kappa shape index (κ1) is 70.8. The molecule has 0 saturated carbocycles. The van der Waals surface area contributed by atoms with Crippen molar-refractivity contribution in [2.24, 2.45) is 0 Å². The third-order valence-corrected chi connectivity index (χ3v) is 33.5. The van der Waals surface area contributed by atoms with Gasteiger partial charge in [-0.15, -0.1) is 0 Å². The van der Waals surface area contributed by atoms with Crippen LogP contribution in [0, 0.1) is 0 Å². The van der Waals surface area contributed by atoms with Gasteiger partial charge >= 0.3 is 0 Å². The second-order valence-electron chi connectivity index (χ2n) is 30.5. The summed E-state index contributed by atoms with van der Waals surface area (Å²) < 4.78 is 4.54. The van der Waals surface area contributed by atoms with Gasteiger partial charge in [0.15, 0.2) is 22.0 Å². The van der Waals surface area contributed by atoms with Gasteiger partial charge in [0.1, 0.15) is 0 Å². The van der Waals surface area contributed by atoms with E-state index in [4.69, 9.17) is 15.0 Å². The monoisotopic (exact) mass is 1540 g/mol. The molecule has 3 heterocycles. The molecule has 21 aromatic rings. The predicted octanol–water partition coefficient (Wildman–Crippen LogP) is 22.2. The number of benzene rings is 18. The number of hydrogen-bond donors (Lipinski definition) is 0. The van der Waals surface area contributed by atoms with Crippen LogP contribution in [0.25, 0.3) is 145 Å². The zero-order valence-corrected chi connectivity index (χ0v) is 66.7. The minimum absolute atomic E-state index is 0.494. The van der Waals surface area contributed by atoms with Crippen molar-refractivity contribution in [3.05, 3.63) is 467 Å². The van der Waals surface area contributed by atoms with E-state index >= 15 is 0 Å². The molecular weight excluding hydrogens is 1460 g/mol. The lowest BCUT2D eigenvalue weighted by Crippen LogP contribution is -2.78. The Morgan fingerprint density at radius 1 is 0.144 bits per heavy atom. The summed E-state index contributed by atoms with van der Waals surface area (Å²) in [7, 11) is -7.56. The average Bonchev–Trinajstić information content (AvgIpc) is 1.39. The molecule has 0 amide bonds. The van der Waals surface area contributed by atoms with Crippen LogP contribution in [-0.4, -0.2) is 40.2 Å². The van der Waals surface area contributed by atoms with Gasteiger partial charge in [-0.2, -0.15) is 15.0 Å². The van der Waals surface area contributed by atoms with E-state index in [0.29, 0.717) is 17.7 Å². The first-order valence-electron chi connectivity index (χ1n) is 40.4. The van der Waals surface area contributed by atoms with E-state index in [-0.39, 0.29) is 0 Å². The molecule has 0 saturated heterocycles. The molecule has 0 fully saturated rings. The Bertz CT molecular complexity index is 6460. The molecule has 0 aliphatic heterocycles. The van der Waals surface area contributed by atoms with E-state index in [2.05, 4.69) is 476 Å². The van der Waals surface area contributed by atoms with Gasteiger partial charge in [0.2, 0.25) is 11.9 Å². The van der Waals surface area contributed by atoms with E-state index in [0.717, 1.165) is 137 Å². The van der Waals surface area contributed by atoms with Crippen LogP contribution in [0.3, 0.4) is 0 Å². The Labute approximate surface area is 688 Å². The Kier molecular flexibility index (Phi) is 18.3. The van der Waals surface area contributed by atoms with Crippen LogP contribution in [0.5, 0.6) is 0 Å². The fourth-order valence-corrected chi connectivity index (χ4v) is 27.9. The Hall–Kier alpha value is -15.0. The highest BCUT2D eigenvalue weighted by molar-refractivity contribution is 7.22. The molecule has 21 rings (SSSR count). The summed E-state index contributed by atoms with van der Waals surface area (Å²) in [6.07, 6.45) is 0. The fraction of sp³-hybridized carbons (Fsp3) is 0. The molecule has 5 nitrogen and oxygen atoms in total. The molecule has 0 N–H and O–H groups in total. The molecule has 0 bridgehead atoms. The van der Waals surface area contributed by atoms with Crippen LogP contribution in [0.4, 0.5) is 0 Å². The number of aromatic nitrogens is 5. The van der Waals surface area contributed by atoms with Gasteiger partial charge in [-0.1, -0.05) is 437 Å². The molecule has 0 aliphatic rings. The van der Waals surface area contributed by atoms with Crippen molar-refractivity contribution < 1.29 is 0 Å². The second-order valence-corrected chi connectivity index (χ2v) is 38.2. The van der Waals surface area contributed by atoms with Crippen LogP contribution in [-0.2, 0) is 0 Å². The molecule has 7 heteroatoms. The number of hydrogen-bond acceptors (Lipinski definition) is 3. The Morgan fingerprint density at radius 3 is 0.627 bits per heavy atom. The van der Waals surface area contributed by atoms with Gasteiger partial charge < -0.3 is 0 Å². The highest BCUT2D eigenvalue weighted by Crippen LogP contribution is 2.38. The van der Waals surface area contributed by atoms with Gasteiger partial charge in [0.25, 0.3) is 0 Å². The SMILES string of the molecule is c1ccc(-c2ccc([Si](c3ccc(-c4ccccc4)cc3)(c3ccc(-c4ccccc4)cc3)c3cc(-c4nc(-n5c6ccccc6c6ccccc65)nc(-n5c6ccccc6c6cc(-c7ccccc7)ccc65)n4)cc([Si](c4ccc(-c5ccccc5)cc4)(c4ccc(-c5ccccc5)cc4)c4ccc(-c5ccccc5)cc4)c3)cc2)cc1. The maximum Gasteiger partial charge on any atom is 0.240 e. The molecule has 118 heavy (non-hydrogen) atoms.